The van der Waals surface area contributed by atoms with Gasteiger partial charge in [-0.2, -0.15) is 0 Å². The Morgan fingerprint density at radius 2 is 1.96 bits per heavy atom. The van der Waals surface area contributed by atoms with Gasteiger partial charge in [0, 0.05) is 25.8 Å². The molecule has 132 valence electrons. The minimum atomic E-state index is -0.947. The van der Waals surface area contributed by atoms with Crippen molar-refractivity contribution in [2.45, 2.75) is 12.5 Å². The van der Waals surface area contributed by atoms with Crippen molar-refractivity contribution in [2.24, 2.45) is 7.05 Å². The SMILES string of the molecule is Cn1c(C(=O)N2CCO[C@H](CC(=O)O)C2)ccc1-c1ccc(F)cc1. The fraction of sp³-hybridized carbons (Fsp3) is 0.333. The minimum Gasteiger partial charge on any atom is -0.481 e. The number of carbonyl (C=O) groups is 2. The van der Waals surface area contributed by atoms with Crippen molar-refractivity contribution < 1.29 is 23.8 Å². The number of benzene rings is 1. The smallest absolute Gasteiger partial charge is 0.306 e. The number of carboxylic acids is 1. The zero-order valence-corrected chi connectivity index (χ0v) is 13.8. The van der Waals surface area contributed by atoms with Gasteiger partial charge in [-0.15, -0.1) is 0 Å². The molecular formula is C18H19FN2O4. The largest absolute Gasteiger partial charge is 0.481 e. The standard InChI is InChI=1S/C18H19FN2O4/c1-20-15(12-2-4-13(19)5-3-12)6-7-16(20)18(24)21-8-9-25-14(11-21)10-17(22)23/h2-7,14H,8-11H2,1H3,(H,22,23)/t14-/m1/s1. The molecule has 3 rings (SSSR count). The van der Waals surface area contributed by atoms with E-state index in [1.165, 1.54) is 12.1 Å². The van der Waals surface area contributed by atoms with E-state index in [9.17, 15) is 14.0 Å². The Morgan fingerprint density at radius 3 is 2.64 bits per heavy atom. The molecule has 0 unspecified atom stereocenters. The number of aliphatic carboxylic acids is 1. The zero-order chi connectivity index (χ0) is 18.0. The maximum atomic E-state index is 13.1. The molecule has 25 heavy (non-hydrogen) atoms. The molecule has 1 atom stereocenters. The van der Waals surface area contributed by atoms with E-state index in [1.54, 1.807) is 34.7 Å². The topological polar surface area (TPSA) is 71.8 Å². The number of morpholine rings is 1. The van der Waals surface area contributed by atoms with E-state index in [0.29, 0.717) is 18.8 Å². The quantitative estimate of drug-likeness (QED) is 0.921. The zero-order valence-electron chi connectivity index (χ0n) is 13.8. The highest BCUT2D eigenvalue weighted by atomic mass is 19.1. The molecule has 7 heteroatoms. The van der Waals surface area contributed by atoms with E-state index in [4.69, 9.17) is 9.84 Å². The first-order chi connectivity index (χ1) is 12.0. The lowest BCUT2D eigenvalue weighted by Crippen LogP contribution is -2.46. The molecule has 1 N–H and O–H groups in total. The maximum absolute atomic E-state index is 13.1. The van der Waals surface area contributed by atoms with Gasteiger partial charge < -0.3 is 19.3 Å². The van der Waals surface area contributed by atoms with Gasteiger partial charge in [0.1, 0.15) is 11.5 Å². The van der Waals surface area contributed by atoms with Gasteiger partial charge >= 0.3 is 5.97 Å². The summed E-state index contributed by atoms with van der Waals surface area (Å²) in [5, 5.41) is 8.89. The second-order valence-corrected chi connectivity index (χ2v) is 6.01. The molecule has 1 saturated heterocycles. The third-order valence-corrected chi connectivity index (χ3v) is 4.31. The number of hydrogen-bond donors (Lipinski definition) is 1. The number of hydrogen-bond acceptors (Lipinski definition) is 3. The molecule has 0 saturated carbocycles. The summed E-state index contributed by atoms with van der Waals surface area (Å²) >= 11 is 0. The van der Waals surface area contributed by atoms with Crippen LogP contribution in [0.1, 0.15) is 16.9 Å². The first-order valence-electron chi connectivity index (χ1n) is 8.00. The van der Waals surface area contributed by atoms with Crippen LogP contribution in [0.25, 0.3) is 11.3 Å². The van der Waals surface area contributed by atoms with Crippen molar-refractivity contribution in [3.8, 4) is 11.3 Å². The normalized spacial score (nSPS) is 17.5. The minimum absolute atomic E-state index is 0.127. The summed E-state index contributed by atoms with van der Waals surface area (Å²) in [7, 11) is 1.78. The number of carbonyl (C=O) groups excluding carboxylic acids is 1. The van der Waals surface area contributed by atoms with E-state index in [1.807, 2.05) is 6.07 Å². The van der Waals surface area contributed by atoms with Crippen LogP contribution in [0.2, 0.25) is 0 Å². The molecule has 2 heterocycles. The molecule has 2 aromatic rings. The maximum Gasteiger partial charge on any atom is 0.306 e. The molecular weight excluding hydrogens is 327 g/mol. The van der Waals surface area contributed by atoms with Gasteiger partial charge in [-0.05, 0) is 42.0 Å². The van der Waals surface area contributed by atoms with Crippen LogP contribution in [0, 0.1) is 5.82 Å². The van der Waals surface area contributed by atoms with Crippen molar-refractivity contribution in [1.82, 2.24) is 9.47 Å². The van der Waals surface area contributed by atoms with Gasteiger partial charge in [-0.1, -0.05) is 0 Å². The first-order valence-corrected chi connectivity index (χ1v) is 8.00. The summed E-state index contributed by atoms with van der Waals surface area (Å²) in [5.41, 5.74) is 2.11. The Bertz CT molecular complexity index is 785. The van der Waals surface area contributed by atoms with Crippen molar-refractivity contribution in [3.05, 3.63) is 47.9 Å². The van der Waals surface area contributed by atoms with Gasteiger partial charge in [0.15, 0.2) is 0 Å². The number of aromatic nitrogens is 1. The Morgan fingerprint density at radius 1 is 1.24 bits per heavy atom. The Hall–Kier alpha value is -2.67. The Labute approximate surface area is 144 Å². The van der Waals surface area contributed by atoms with E-state index in [-0.39, 0.29) is 24.7 Å². The summed E-state index contributed by atoms with van der Waals surface area (Å²) in [6, 6.07) is 9.62. The third kappa shape index (κ3) is 3.71. The van der Waals surface area contributed by atoms with Crippen LogP contribution in [-0.4, -0.2) is 52.3 Å². The van der Waals surface area contributed by atoms with Crippen LogP contribution in [0.5, 0.6) is 0 Å². The number of halogens is 1. The molecule has 1 amide bonds. The molecule has 1 aliphatic rings. The highest BCUT2D eigenvalue weighted by Crippen LogP contribution is 2.23. The second kappa shape index (κ2) is 7.06. The predicted molar refractivity (Wildman–Crippen MR) is 88.7 cm³/mol. The predicted octanol–water partition coefficient (Wildman–Crippen LogP) is 2.15. The summed E-state index contributed by atoms with van der Waals surface area (Å²) in [4.78, 5) is 25.2. The number of nitrogens with zero attached hydrogens (tertiary/aromatic N) is 2. The fourth-order valence-electron chi connectivity index (χ4n) is 3.02. The van der Waals surface area contributed by atoms with Crippen LogP contribution in [0.3, 0.4) is 0 Å². The van der Waals surface area contributed by atoms with Gasteiger partial charge in [0.25, 0.3) is 5.91 Å². The average Bonchev–Trinajstić information content (AvgIpc) is 2.96. The van der Waals surface area contributed by atoms with Crippen LogP contribution >= 0.6 is 0 Å². The van der Waals surface area contributed by atoms with Crippen LogP contribution in [-0.2, 0) is 16.6 Å². The van der Waals surface area contributed by atoms with Crippen molar-refractivity contribution >= 4 is 11.9 Å². The van der Waals surface area contributed by atoms with Crippen LogP contribution in [0.4, 0.5) is 4.39 Å². The molecule has 1 aliphatic heterocycles. The van der Waals surface area contributed by atoms with Gasteiger partial charge in [-0.25, -0.2) is 4.39 Å². The second-order valence-electron chi connectivity index (χ2n) is 6.01. The third-order valence-electron chi connectivity index (χ3n) is 4.31. The highest BCUT2D eigenvalue weighted by molar-refractivity contribution is 5.94. The highest BCUT2D eigenvalue weighted by Gasteiger charge is 2.28. The van der Waals surface area contributed by atoms with E-state index >= 15 is 0 Å². The van der Waals surface area contributed by atoms with Crippen LogP contribution in [0.15, 0.2) is 36.4 Å². The molecule has 1 aromatic carbocycles. The van der Waals surface area contributed by atoms with Crippen molar-refractivity contribution in [2.75, 3.05) is 19.7 Å². The molecule has 6 nitrogen and oxygen atoms in total. The van der Waals surface area contributed by atoms with Crippen LogP contribution < -0.4 is 0 Å². The van der Waals surface area contributed by atoms with Gasteiger partial charge in [0.2, 0.25) is 0 Å². The van der Waals surface area contributed by atoms with Crippen molar-refractivity contribution in [1.29, 1.82) is 0 Å². The molecule has 0 spiro atoms. The Balaban J connectivity index is 1.79. The van der Waals surface area contributed by atoms with Crippen molar-refractivity contribution in [3.63, 3.8) is 0 Å². The number of rotatable bonds is 4. The summed E-state index contributed by atoms with van der Waals surface area (Å²) in [6.07, 6.45) is -0.621. The number of ether oxygens (including phenoxy) is 1. The summed E-state index contributed by atoms with van der Waals surface area (Å²) < 4.78 is 20.3. The molecule has 1 aromatic heterocycles. The molecule has 1 fully saturated rings. The number of carboxylic acid groups (broad SMARTS) is 1. The van der Waals surface area contributed by atoms with Gasteiger partial charge in [0.05, 0.1) is 19.1 Å². The van der Waals surface area contributed by atoms with E-state index in [2.05, 4.69) is 0 Å². The lowest BCUT2D eigenvalue weighted by atomic mass is 10.1. The monoisotopic (exact) mass is 346 g/mol. The first kappa shape index (κ1) is 17.2. The lowest BCUT2D eigenvalue weighted by molar-refractivity contribution is -0.141. The number of amides is 1. The summed E-state index contributed by atoms with van der Waals surface area (Å²) in [5.74, 6) is -1.43. The average molecular weight is 346 g/mol. The molecule has 0 bridgehead atoms. The molecule has 0 radical (unpaired) electrons. The van der Waals surface area contributed by atoms with E-state index < -0.39 is 12.1 Å². The summed E-state index contributed by atoms with van der Waals surface area (Å²) in [6.45, 7) is 0.993. The molecule has 0 aliphatic carbocycles. The van der Waals surface area contributed by atoms with E-state index in [0.717, 1.165) is 11.3 Å². The Kier molecular flexibility index (Phi) is 4.85. The fourth-order valence-corrected chi connectivity index (χ4v) is 3.02. The van der Waals surface area contributed by atoms with Gasteiger partial charge in [-0.3, -0.25) is 9.59 Å². The lowest BCUT2D eigenvalue weighted by Gasteiger charge is -2.32.